The lowest BCUT2D eigenvalue weighted by molar-refractivity contribution is -0.140. The second-order valence-corrected chi connectivity index (χ2v) is 12.5. The van der Waals surface area contributed by atoms with Crippen LogP contribution in [0.5, 0.6) is 5.75 Å². The molecular weight excluding hydrogens is 532 g/mol. The fraction of sp³-hybridized carbons (Fsp3) is 0.316. The Morgan fingerprint density at radius 2 is 1.58 bits per heavy atom. The molecule has 218 valence electrons. The number of ether oxygens (including phenoxy) is 1. The SMILES string of the molecule is COc1ccccc1CC(=O)N1C[C@H]2[C@@]3(c4ccccc4)CC[C@H](c4ccccc43)[C@@]2(C(=O)N[C@H](C)c2ccccc2)C1. The Bertz CT molecular complexity index is 1650. The zero-order valence-electron chi connectivity index (χ0n) is 24.8. The van der Waals surface area contributed by atoms with Crippen molar-refractivity contribution in [3.05, 3.63) is 137 Å². The summed E-state index contributed by atoms with van der Waals surface area (Å²) >= 11 is 0. The fourth-order valence-electron chi connectivity index (χ4n) is 8.68. The summed E-state index contributed by atoms with van der Waals surface area (Å²) in [5.41, 5.74) is 4.64. The minimum absolute atomic E-state index is 0.0336. The molecule has 4 aliphatic rings. The third-order valence-corrected chi connectivity index (χ3v) is 10.6. The predicted molar refractivity (Wildman–Crippen MR) is 168 cm³/mol. The summed E-state index contributed by atoms with van der Waals surface area (Å²) in [4.78, 5) is 31.0. The lowest BCUT2D eigenvalue weighted by Crippen LogP contribution is -2.62. The first-order chi connectivity index (χ1) is 21.0. The minimum Gasteiger partial charge on any atom is -0.496 e. The molecule has 1 heterocycles. The van der Waals surface area contributed by atoms with E-state index in [1.165, 1.54) is 16.7 Å². The van der Waals surface area contributed by atoms with Crippen LogP contribution >= 0.6 is 0 Å². The third-order valence-electron chi connectivity index (χ3n) is 10.6. The molecule has 2 amide bonds. The van der Waals surface area contributed by atoms with Gasteiger partial charge in [0.1, 0.15) is 5.75 Å². The zero-order chi connectivity index (χ0) is 29.6. The van der Waals surface area contributed by atoms with Crippen LogP contribution in [-0.4, -0.2) is 36.9 Å². The number of para-hydroxylation sites is 1. The van der Waals surface area contributed by atoms with Gasteiger partial charge in [-0.3, -0.25) is 9.59 Å². The molecule has 5 heteroatoms. The minimum atomic E-state index is -0.748. The Kier molecular flexibility index (Phi) is 6.84. The number of rotatable bonds is 7. The van der Waals surface area contributed by atoms with Gasteiger partial charge in [0.05, 0.1) is 25.0 Å². The van der Waals surface area contributed by atoms with Crippen molar-refractivity contribution < 1.29 is 14.3 Å². The van der Waals surface area contributed by atoms with E-state index < -0.39 is 5.41 Å². The highest BCUT2D eigenvalue weighted by atomic mass is 16.5. The van der Waals surface area contributed by atoms with Gasteiger partial charge in [-0.2, -0.15) is 0 Å². The van der Waals surface area contributed by atoms with Crippen LogP contribution in [0, 0.1) is 11.3 Å². The first kappa shape index (κ1) is 27.5. The van der Waals surface area contributed by atoms with E-state index in [0.717, 1.165) is 24.0 Å². The molecule has 1 aliphatic heterocycles. The monoisotopic (exact) mass is 570 g/mol. The highest BCUT2D eigenvalue weighted by Crippen LogP contribution is 2.69. The van der Waals surface area contributed by atoms with Gasteiger partial charge < -0.3 is 15.0 Å². The smallest absolute Gasteiger partial charge is 0.229 e. The van der Waals surface area contributed by atoms with Gasteiger partial charge in [0, 0.05) is 35.9 Å². The van der Waals surface area contributed by atoms with E-state index in [1.54, 1.807) is 7.11 Å². The molecule has 0 radical (unpaired) electrons. The van der Waals surface area contributed by atoms with Gasteiger partial charge in [-0.25, -0.2) is 0 Å². The average Bonchev–Trinajstić information content (AvgIpc) is 3.50. The van der Waals surface area contributed by atoms with Crippen molar-refractivity contribution in [1.82, 2.24) is 10.2 Å². The van der Waals surface area contributed by atoms with Crippen LogP contribution in [0.25, 0.3) is 0 Å². The molecule has 5 nitrogen and oxygen atoms in total. The topological polar surface area (TPSA) is 58.6 Å². The lowest BCUT2D eigenvalue weighted by Gasteiger charge is -2.60. The Hall–Kier alpha value is -4.38. The quantitative estimate of drug-likeness (QED) is 0.278. The Morgan fingerprint density at radius 1 is 0.907 bits per heavy atom. The fourth-order valence-corrected chi connectivity index (χ4v) is 8.68. The van der Waals surface area contributed by atoms with E-state index in [-0.39, 0.29) is 41.5 Å². The number of likely N-dealkylation sites (tertiary alicyclic amines) is 1. The number of carbonyl (C=O) groups is 2. The molecular formula is C38H38N2O3. The van der Waals surface area contributed by atoms with Crippen LogP contribution in [0.2, 0.25) is 0 Å². The van der Waals surface area contributed by atoms with E-state index in [2.05, 4.69) is 79.0 Å². The van der Waals surface area contributed by atoms with Crippen molar-refractivity contribution in [1.29, 1.82) is 0 Å². The molecule has 1 saturated carbocycles. The van der Waals surface area contributed by atoms with Crippen molar-refractivity contribution >= 4 is 11.8 Å². The summed E-state index contributed by atoms with van der Waals surface area (Å²) in [6.07, 6.45) is 2.11. The maximum Gasteiger partial charge on any atom is 0.229 e. The molecule has 1 saturated heterocycles. The molecule has 2 bridgehead atoms. The van der Waals surface area contributed by atoms with Crippen LogP contribution in [0.15, 0.2) is 109 Å². The standard InChI is InChI=1S/C38H38N2O3/c1-26(27-13-5-3-6-14-27)39-36(42)38-25-40(35(41)23-28-15-9-12-20-33(28)43-2)24-34(38)37(29-16-7-4-8-17-29)22-21-32(38)30-18-10-11-19-31(30)37/h3-20,26,32,34H,21-25H2,1-2H3,(H,39,42)/t26-,32-,34+,37-,38+/m1/s1. The Labute approximate surface area is 253 Å². The summed E-state index contributed by atoms with van der Waals surface area (Å²) < 4.78 is 5.57. The van der Waals surface area contributed by atoms with Crippen LogP contribution in [-0.2, 0) is 21.4 Å². The van der Waals surface area contributed by atoms with Crippen LogP contribution in [0.4, 0.5) is 0 Å². The molecule has 8 rings (SSSR count). The Morgan fingerprint density at radius 3 is 2.35 bits per heavy atom. The van der Waals surface area contributed by atoms with E-state index in [1.807, 2.05) is 47.4 Å². The summed E-state index contributed by atoms with van der Waals surface area (Å²) in [7, 11) is 1.64. The second-order valence-electron chi connectivity index (χ2n) is 12.5. The number of benzene rings is 4. The van der Waals surface area contributed by atoms with Crippen molar-refractivity contribution in [2.24, 2.45) is 11.3 Å². The molecule has 5 atom stereocenters. The normalized spacial score (nSPS) is 25.9. The van der Waals surface area contributed by atoms with Gasteiger partial charge >= 0.3 is 0 Å². The van der Waals surface area contributed by atoms with Crippen LogP contribution < -0.4 is 10.1 Å². The summed E-state index contributed by atoms with van der Waals surface area (Å²) in [6, 6.07) is 37.1. The van der Waals surface area contributed by atoms with E-state index in [9.17, 15) is 9.59 Å². The average molecular weight is 571 g/mol. The van der Waals surface area contributed by atoms with Crippen molar-refractivity contribution in [3.63, 3.8) is 0 Å². The lowest BCUT2D eigenvalue weighted by atomic mass is 9.42. The number of nitrogens with one attached hydrogen (secondary N) is 1. The highest BCUT2D eigenvalue weighted by molar-refractivity contribution is 5.89. The van der Waals surface area contributed by atoms with Gasteiger partial charge in [0.2, 0.25) is 11.8 Å². The summed E-state index contributed by atoms with van der Waals surface area (Å²) in [5, 5.41) is 3.44. The first-order valence-corrected chi connectivity index (χ1v) is 15.4. The maximum absolute atomic E-state index is 14.9. The largest absolute Gasteiger partial charge is 0.496 e. The van der Waals surface area contributed by atoms with Gasteiger partial charge in [-0.15, -0.1) is 0 Å². The number of carbonyl (C=O) groups excluding carboxylic acids is 2. The van der Waals surface area contributed by atoms with E-state index >= 15 is 0 Å². The predicted octanol–water partition coefficient (Wildman–Crippen LogP) is 6.44. The highest BCUT2D eigenvalue weighted by Gasteiger charge is 2.70. The van der Waals surface area contributed by atoms with E-state index in [4.69, 9.17) is 4.74 Å². The summed E-state index contributed by atoms with van der Waals surface area (Å²) in [5.74, 6) is 0.784. The van der Waals surface area contributed by atoms with Crippen molar-refractivity contribution in [2.75, 3.05) is 20.2 Å². The molecule has 2 fully saturated rings. The maximum atomic E-state index is 14.9. The van der Waals surface area contributed by atoms with Gasteiger partial charge in [0.25, 0.3) is 0 Å². The summed E-state index contributed by atoms with van der Waals surface area (Å²) in [6.45, 7) is 3.01. The first-order valence-electron chi connectivity index (χ1n) is 15.4. The van der Waals surface area contributed by atoms with Crippen LogP contribution in [0.1, 0.15) is 59.5 Å². The van der Waals surface area contributed by atoms with E-state index in [0.29, 0.717) is 18.8 Å². The number of nitrogens with zero attached hydrogens (tertiary/aromatic N) is 1. The van der Waals surface area contributed by atoms with Crippen molar-refractivity contribution in [2.45, 2.75) is 43.6 Å². The van der Waals surface area contributed by atoms with Crippen LogP contribution in [0.3, 0.4) is 0 Å². The molecule has 1 N–H and O–H groups in total. The number of fused-ring (bicyclic) bond motifs is 1. The molecule has 4 aromatic carbocycles. The molecule has 3 aliphatic carbocycles. The van der Waals surface area contributed by atoms with Gasteiger partial charge in [0.15, 0.2) is 0 Å². The number of hydrogen-bond acceptors (Lipinski definition) is 3. The Balaban J connectivity index is 1.34. The van der Waals surface area contributed by atoms with Gasteiger partial charge in [-0.05, 0) is 48.1 Å². The number of hydrogen-bond donors (Lipinski definition) is 1. The molecule has 0 unspecified atom stereocenters. The number of amides is 2. The molecule has 0 aromatic heterocycles. The van der Waals surface area contributed by atoms with Gasteiger partial charge in [-0.1, -0.05) is 103 Å². The molecule has 4 aromatic rings. The molecule has 0 spiro atoms. The zero-order valence-corrected chi connectivity index (χ0v) is 24.8. The second kappa shape index (κ2) is 10.7. The van der Waals surface area contributed by atoms with Crippen molar-refractivity contribution in [3.8, 4) is 5.75 Å². The molecule has 43 heavy (non-hydrogen) atoms. The third kappa shape index (κ3) is 4.20. The number of methoxy groups -OCH3 is 1.